The Kier molecular flexibility index (Phi) is 4.62. The summed E-state index contributed by atoms with van der Waals surface area (Å²) in [6, 6.07) is 2.96. The van der Waals surface area contributed by atoms with Crippen molar-refractivity contribution < 1.29 is 13.2 Å². The minimum Gasteiger partial charge on any atom is -0.497 e. The lowest BCUT2D eigenvalue weighted by Gasteiger charge is -2.18. The zero-order valence-electron chi connectivity index (χ0n) is 15.1. The fraction of sp³-hybridized carbons (Fsp3) is 0.333. The van der Waals surface area contributed by atoms with Crippen LogP contribution in [0.2, 0.25) is 0 Å². The van der Waals surface area contributed by atoms with E-state index in [0.29, 0.717) is 17.8 Å². The van der Waals surface area contributed by atoms with Crippen molar-refractivity contribution in [2.45, 2.75) is 31.1 Å². The fourth-order valence-electron chi connectivity index (χ4n) is 3.17. The molecule has 2 heterocycles. The van der Waals surface area contributed by atoms with Crippen molar-refractivity contribution >= 4 is 9.84 Å². The van der Waals surface area contributed by atoms with Gasteiger partial charge in [-0.15, -0.1) is 0 Å². The third kappa shape index (κ3) is 3.24. The molecule has 0 amide bonds. The van der Waals surface area contributed by atoms with Crippen molar-refractivity contribution in [2.24, 2.45) is 0 Å². The first-order chi connectivity index (χ1) is 12.2. The third-order valence-electron chi connectivity index (χ3n) is 4.51. The minimum absolute atomic E-state index is 0.0470. The Morgan fingerprint density at radius 3 is 2.58 bits per heavy atom. The van der Waals surface area contributed by atoms with Crippen LogP contribution in [0.15, 0.2) is 51.5 Å². The van der Waals surface area contributed by atoms with E-state index < -0.39 is 9.84 Å². The molecule has 1 aliphatic carbocycles. The molecule has 0 fully saturated rings. The van der Waals surface area contributed by atoms with Crippen LogP contribution in [-0.4, -0.2) is 36.5 Å². The van der Waals surface area contributed by atoms with Gasteiger partial charge in [0.1, 0.15) is 5.76 Å². The molecule has 1 aliphatic rings. The number of pyridine rings is 1. The van der Waals surface area contributed by atoms with Crippen LogP contribution in [0.3, 0.4) is 0 Å². The molecule has 0 aromatic carbocycles. The van der Waals surface area contributed by atoms with E-state index in [1.165, 1.54) is 23.0 Å². The van der Waals surface area contributed by atoms with Crippen molar-refractivity contribution in [1.29, 1.82) is 0 Å². The largest absolute Gasteiger partial charge is 0.497 e. The number of methoxy groups -OCH3 is 1. The van der Waals surface area contributed by atoms with Gasteiger partial charge in [-0.05, 0) is 44.1 Å². The van der Waals surface area contributed by atoms with Crippen LogP contribution in [0.1, 0.15) is 30.5 Å². The van der Waals surface area contributed by atoms with Crippen molar-refractivity contribution in [1.82, 2.24) is 14.8 Å². The average Bonchev–Trinajstić information content (AvgIpc) is 2.88. The molecule has 2 aromatic heterocycles. The average molecular weight is 375 g/mol. The monoisotopic (exact) mass is 375 g/mol. The topological polar surface area (TPSA) is 94.1 Å². The number of aryl methyl sites for hydroxylation is 1. The highest BCUT2D eigenvalue weighted by molar-refractivity contribution is 7.90. The van der Waals surface area contributed by atoms with Gasteiger partial charge in [0.2, 0.25) is 0 Å². The summed E-state index contributed by atoms with van der Waals surface area (Å²) in [5.41, 5.74) is 2.32. The summed E-state index contributed by atoms with van der Waals surface area (Å²) >= 11 is 0. The van der Waals surface area contributed by atoms with E-state index in [1.54, 1.807) is 7.11 Å². The van der Waals surface area contributed by atoms with Crippen molar-refractivity contribution in [3.8, 4) is 5.82 Å². The predicted molar refractivity (Wildman–Crippen MR) is 98.2 cm³/mol. The molecule has 0 saturated carbocycles. The van der Waals surface area contributed by atoms with Gasteiger partial charge in [-0.1, -0.05) is 6.08 Å². The van der Waals surface area contributed by atoms with Crippen molar-refractivity contribution in [3.05, 3.63) is 63.4 Å². The normalized spacial score (nSPS) is 17.6. The van der Waals surface area contributed by atoms with Gasteiger partial charge in [0, 0.05) is 29.6 Å². The number of hydrogen-bond acceptors (Lipinski definition) is 5. The minimum atomic E-state index is -3.33. The van der Waals surface area contributed by atoms with Gasteiger partial charge in [-0.25, -0.2) is 18.1 Å². The zero-order valence-corrected chi connectivity index (χ0v) is 15.9. The SMILES string of the molecule is COC1=C(C)CC(c2c(C)[nH]n(-c3ccc(S(C)(=O)=O)cn3)c2=O)C=C1. The van der Waals surface area contributed by atoms with Crippen molar-refractivity contribution in [3.63, 3.8) is 0 Å². The molecule has 0 saturated heterocycles. The molecule has 1 unspecified atom stereocenters. The van der Waals surface area contributed by atoms with Crippen molar-refractivity contribution in [2.75, 3.05) is 13.4 Å². The van der Waals surface area contributed by atoms with Gasteiger partial charge in [0.15, 0.2) is 15.7 Å². The summed E-state index contributed by atoms with van der Waals surface area (Å²) in [7, 11) is -1.70. The summed E-state index contributed by atoms with van der Waals surface area (Å²) in [6.45, 7) is 3.83. The number of H-pyrrole nitrogens is 1. The molecule has 0 spiro atoms. The number of hydrogen-bond donors (Lipinski definition) is 1. The highest BCUT2D eigenvalue weighted by Gasteiger charge is 2.24. The molecule has 138 valence electrons. The van der Waals surface area contributed by atoms with E-state index in [2.05, 4.69) is 10.1 Å². The third-order valence-corrected chi connectivity index (χ3v) is 5.61. The Morgan fingerprint density at radius 1 is 1.31 bits per heavy atom. The lowest BCUT2D eigenvalue weighted by atomic mass is 9.88. The molecule has 1 atom stereocenters. The Bertz CT molecular complexity index is 1060. The highest BCUT2D eigenvalue weighted by atomic mass is 32.2. The van der Waals surface area contributed by atoms with Gasteiger partial charge in [0.25, 0.3) is 5.56 Å². The summed E-state index contributed by atoms with van der Waals surface area (Å²) in [5, 5.41) is 3.04. The Labute approximate surface area is 151 Å². The summed E-state index contributed by atoms with van der Waals surface area (Å²) in [5.74, 6) is 1.13. The molecule has 7 nitrogen and oxygen atoms in total. The maximum Gasteiger partial charge on any atom is 0.276 e. The zero-order chi connectivity index (χ0) is 19.1. The number of aromatic nitrogens is 3. The first kappa shape index (κ1) is 18.2. The smallest absolute Gasteiger partial charge is 0.276 e. The van der Waals surface area contributed by atoms with Crippen LogP contribution in [0, 0.1) is 6.92 Å². The van der Waals surface area contributed by atoms with E-state index in [4.69, 9.17) is 4.74 Å². The van der Waals surface area contributed by atoms with Crippen LogP contribution >= 0.6 is 0 Å². The van der Waals surface area contributed by atoms with Crippen LogP contribution in [0.4, 0.5) is 0 Å². The molecule has 0 radical (unpaired) electrons. The highest BCUT2D eigenvalue weighted by Crippen LogP contribution is 2.31. The van der Waals surface area contributed by atoms with Gasteiger partial charge >= 0.3 is 0 Å². The van der Waals surface area contributed by atoms with E-state index >= 15 is 0 Å². The molecular formula is C18H21N3O4S. The first-order valence-corrected chi connectivity index (χ1v) is 10.0. The van der Waals surface area contributed by atoms with Crippen LogP contribution < -0.4 is 5.56 Å². The number of nitrogens with zero attached hydrogens (tertiary/aromatic N) is 2. The number of nitrogens with one attached hydrogen (secondary N) is 1. The van der Waals surface area contributed by atoms with Gasteiger partial charge in [-0.2, -0.15) is 0 Å². The number of allylic oxidation sites excluding steroid dienone is 3. The van der Waals surface area contributed by atoms with Crippen LogP contribution in [0.5, 0.6) is 0 Å². The second-order valence-corrected chi connectivity index (χ2v) is 8.45. The Balaban J connectivity index is 1.99. The number of rotatable bonds is 4. The molecule has 26 heavy (non-hydrogen) atoms. The Morgan fingerprint density at radius 2 is 2.04 bits per heavy atom. The molecular weight excluding hydrogens is 354 g/mol. The second-order valence-electron chi connectivity index (χ2n) is 6.43. The van der Waals surface area contributed by atoms with Gasteiger partial charge in [-0.3, -0.25) is 9.89 Å². The summed E-state index contributed by atoms with van der Waals surface area (Å²) in [4.78, 5) is 17.2. The van der Waals surface area contributed by atoms with E-state index in [0.717, 1.165) is 23.3 Å². The molecule has 0 aliphatic heterocycles. The summed E-state index contributed by atoms with van der Waals surface area (Å²) < 4.78 is 29.8. The quantitative estimate of drug-likeness (QED) is 0.884. The maximum absolute atomic E-state index is 12.9. The number of ether oxygens (including phenoxy) is 1. The van der Waals surface area contributed by atoms with Gasteiger partial charge < -0.3 is 4.74 Å². The second kappa shape index (κ2) is 6.60. The lowest BCUT2D eigenvalue weighted by Crippen LogP contribution is -2.21. The molecule has 0 bridgehead atoms. The van der Waals surface area contributed by atoms with Gasteiger partial charge in [0.05, 0.1) is 12.0 Å². The predicted octanol–water partition coefficient (Wildman–Crippen LogP) is 2.24. The van der Waals surface area contributed by atoms with E-state index in [9.17, 15) is 13.2 Å². The molecule has 3 rings (SSSR count). The molecule has 2 aromatic rings. The molecule has 1 N–H and O–H groups in total. The number of sulfone groups is 1. The first-order valence-electron chi connectivity index (χ1n) is 8.12. The standard InChI is InChI=1S/C18H21N3O4S/c1-11-9-13(5-7-15(11)25-3)17-12(2)20-21(18(17)22)16-8-6-14(10-19-16)26(4,23)24/h5-8,10,13,20H,9H2,1-4H3. The maximum atomic E-state index is 12.9. The van der Waals surface area contributed by atoms with Crippen LogP contribution in [0.25, 0.3) is 5.82 Å². The summed E-state index contributed by atoms with van der Waals surface area (Å²) in [6.07, 6.45) is 6.93. The lowest BCUT2D eigenvalue weighted by molar-refractivity contribution is 0.298. The molecule has 8 heteroatoms. The number of aromatic amines is 1. The van der Waals surface area contributed by atoms with E-state index in [-0.39, 0.29) is 16.4 Å². The van der Waals surface area contributed by atoms with E-state index in [1.807, 2.05) is 26.0 Å². The Hall–Kier alpha value is -2.61. The van der Waals surface area contributed by atoms with Crippen LogP contribution in [-0.2, 0) is 14.6 Å². The fourth-order valence-corrected chi connectivity index (χ4v) is 3.73.